The molecular formula is C16H30NO7P. The third kappa shape index (κ3) is 9.14. The highest BCUT2D eigenvalue weighted by atomic mass is 31.2. The summed E-state index contributed by atoms with van der Waals surface area (Å²) in [7, 11) is -4.14. The first-order valence-electron chi connectivity index (χ1n) is 8.39. The molecule has 3 atom stereocenters. The highest BCUT2D eigenvalue weighted by Crippen LogP contribution is 2.47. The van der Waals surface area contributed by atoms with Gasteiger partial charge >= 0.3 is 11.9 Å². The van der Waals surface area contributed by atoms with E-state index in [-0.39, 0.29) is 18.3 Å². The third-order valence-corrected chi connectivity index (χ3v) is 6.35. The molecule has 0 aliphatic rings. The Morgan fingerprint density at radius 1 is 1.12 bits per heavy atom. The number of aliphatic carboxylic acids is 2. The second-order valence-corrected chi connectivity index (χ2v) is 9.49. The van der Waals surface area contributed by atoms with E-state index in [1.54, 1.807) is 6.92 Å². The summed E-state index contributed by atoms with van der Waals surface area (Å²) >= 11 is 0. The Labute approximate surface area is 148 Å². The summed E-state index contributed by atoms with van der Waals surface area (Å²) in [5, 5.41) is 17.5. The monoisotopic (exact) mass is 379 g/mol. The molecule has 8 nitrogen and oxygen atoms in total. The van der Waals surface area contributed by atoms with Gasteiger partial charge in [0, 0.05) is 18.5 Å². The van der Waals surface area contributed by atoms with Crippen molar-refractivity contribution in [1.29, 1.82) is 0 Å². The van der Waals surface area contributed by atoms with Crippen LogP contribution in [0.15, 0.2) is 0 Å². The fourth-order valence-corrected chi connectivity index (χ4v) is 4.20. The quantitative estimate of drug-likeness (QED) is 0.355. The van der Waals surface area contributed by atoms with Gasteiger partial charge in [0.25, 0.3) is 7.37 Å². The third-order valence-electron chi connectivity index (χ3n) is 4.43. The molecule has 0 aliphatic heterocycles. The first-order chi connectivity index (χ1) is 11.3. The molecule has 0 aromatic carbocycles. The molecule has 0 bridgehead atoms. The molecule has 0 rings (SSSR count). The van der Waals surface area contributed by atoms with Gasteiger partial charge in [0.2, 0.25) is 5.52 Å². The van der Waals surface area contributed by atoms with Gasteiger partial charge in [-0.05, 0) is 37.5 Å². The first-order valence-corrected chi connectivity index (χ1v) is 10.2. The summed E-state index contributed by atoms with van der Waals surface area (Å²) in [4.78, 5) is 43.7. The molecule has 5 N–H and O–H groups in total. The van der Waals surface area contributed by atoms with E-state index in [1.165, 1.54) is 0 Å². The summed E-state index contributed by atoms with van der Waals surface area (Å²) in [6, 6.07) is -1.27. The maximum absolute atomic E-state index is 12.4. The molecule has 0 radical (unpaired) electrons. The number of carboxylic acid groups (broad SMARTS) is 2. The van der Waals surface area contributed by atoms with Crippen LogP contribution >= 0.6 is 7.37 Å². The standard InChI is InChI=1S/C16H30NO7P/c1-4-11(5-8-16(2,3)9-6-13(18)19)15(22)25(23,24)10-7-12(17)14(20)21/h11-12H,4-10,17H2,1-3H3,(H,18,19)(H,20,21)(H,23,24). The molecule has 3 unspecified atom stereocenters. The van der Waals surface area contributed by atoms with Crippen LogP contribution in [0.4, 0.5) is 0 Å². The van der Waals surface area contributed by atoms with Gasteiger partial charge in [0.15, 0.2) is 0 Å². The number of carbonyl (C=O) groups excluding carboxylic acids is 1. The zero-order valence-corrected chi connectivity index (χ0v) is 16.0. The predicted molar refractivity (Wildman–Crippen MR) is 93.6 cm³/mol. The normalized spacial score (nSPS) is 16.7. The molecule has 146 valence electrons. The van der Waals surface area contributed by atoms with Crippen LogP contribution in [0.3, 0.4) is 0 Å². The molecular weight excluding hydrogens is 349 g/mol. The van der Waals surface area contributed by atoms with E-state index in [4.69, 9.17) is 15.9 Å². The molecule has 0 heterocycles. The minimum Gasteiger partial charge on any atom is -0.481 e. The van der Waals surface area contributed by atoms with Gasteiger partial charge in [-0.1, -0.05) is 20.8 Å². The number of hydrogen-bond acceptors (Lipinski definition) is 5. The molecule has 25 heavy (non-hydrogen) atoms. The number of nitrogens with two attached hydrogens (primary N) is 1. The number of carboxylic acids is 2. The van der Waals surface area contributed by atoms with E-state index in [1.807, 2.05) is 13.8 Å². The Morgan fingerprint density at radius 2 is 1.68 bits per heavy atom. The highest BCUT2D eigenvalue weighted by Gasteiger charge is 2.35. The van der Waals surface area contributed by atoms with E-state index in [2.05, 4.69) is 0 Å². The summed E-state index contributed by atoms with van der Waals surface area (Å²) in [5.74, 6) is -2.77. The van der Waals surface area contributed by atoms with Crippen molar-refractivity contribution < 1.29 is 34.1 Å². The minimum absolute atomic E-state index is 0.0311. The average Bonchev–Trinajstić information content (AvgIpc) is 2.51. The number of hydrogen-bond donors (Lipinski definition) is 4. The second kappa shape index (κ2) is 10.0. The molecule has 9 heteroatoms. The summed E-state index contributed by atoms with van der Waals surface area (Å²) in [6.45, 7) is 5.55. The van der Waals surface area contributed by atoms with Crippen LogP contribution in [0, 0.1) is 11.3 Å². The molecule has 0 spiro atoms. The van der Waals surface area contributed by atoms with Crippen LogP contribution in [-0.2, 0) is 18.9 Å². The van der Waals surface area contributed by atoms with E-state index in [0.29, 0.717) is 25.7 Å². The fourth-order valence-electron chi connectivity index (χ4n) is 2.47. The van der Waals surface area contributed by atoms with Crippen LogP contribution in [0.25, 0.3) is 0 Å². The van der Waals surface area contributed by atoms with Crippen molar-refractivity contribution in [2.24, 2.45) is 17.1 Å². The lowest BCUT2D eigenvalue weighted by Gasteiger charge is -2.26. The molecule has 0 aromatic rings. The molecule has 0 fully saturated rings. The zero-order chi connectivity index (χ0) is 19.8. The van der Waals surface area contributed by atoms with E-state index < -0.39 is 43.0 Å². The van der Waals surface area contributed by atoms with Crippen LogP contribution < -0.4 is 5.73 Å². The maximum Gasteiger partial charge on any atom is 0.320 e. The van der Waals surface area contributed by atoms with Gasteiger partial charge in [-0.2, -0.15) is 0 Å². The fraction of sp³-hybridized carbons (Fsp3) is 0.812. The molecule has 0 saturated carbocycles. The van der Waals surface area contributed by atoms with Gasteiger partial charge in [-0.15, -0.1) is 0 Å². The number of carbonyl (C=O) groups is 3. The Morgan fingerprint density at radius 3 is 2.12 bits per heavy atom. The van der Waals surface area contributed by atoms with Crippen LogP contribution in [0.1, 0.15) is 59.3 Å². The van der Waals surface area contributed by atoms with Crippen LogP contribution in [0.2, 0.25) is 0 Å². The Kier molecular flexibility index (Phi) is 9.54. The van der Waals surface area contributed by atoms with E-state index in [9.17, 15) is 23.8 Å². The lowest BCUT2D eigenvalue weighted by atomic mass is 9.80. The van der Waals surface area contributed by atoms with E-state index in [0.717, 1.165) is 0 Å². The topological polar surface area (TPSA) is 155 Å². The van der Waals surface area contributed by atoms with Crippen molar-refractivity contribution in [3.63, 3.8) is 0 Å². The Hall–Kier alpha value is -1.24. The summed E-state index contributed by atoms with van der Waals surface area (Å²) in [5.41, 5.74) is 4.27. The highest BCUT2D eigenvalue weighted by molar-refractivity contribution is 7.75. The number of rotatable bonds is 13. The van der Waals surface area contributed by atoms with Crippen LogP contribution in [-0.4, -0.2) is 44.8 Å². The van der Waals surface area contributed by atoms with Crippen molar-refractivity contribution in [1.82, 2.24) is 0 Å². The Bertz CT molecular complexity index is 533. The molecule has 0 amide bonds. The van der Waals surface area contributed by atoms with Gasteiger partial charge in [-0.25, -0.2) is 0 Å². The zero-order valence-electron chi connectivity index (χ0n) is 15.1. The maximum atomic E-state index is 12.4. The smallest absolute Gasteiger partial charge is 0.320 e. The van der Waals surface area contributed by atoms with Crippen molar-refractivity contribution in [3.05, 3.63) is 0 Å². The minimum atomic E-state index is -4.14. The van der Waals surface area contributed by atoms with Crippen molar-refractivity contribution >= 4 is 24.8 Å². The lowest BCUT2D eigenvalue weighted by Crippen LogP contribution is -2.31. The van der Waals surface area contributed by atoms with Gasteiger partial charge in [-0.3, -0.25) is 18.9 Å². The summed E-state index contributed by atoms with van der Waals surface area (Å²) in [6.07, 6.45) is 1.13. The average molecular weight is 379 g/mol. The Balaban J connectivity index is 4.75. The molecule has 0 aromatic heterocycles. The largest absolute Gasteiger partial charge is 0.481 e. The van der Waals surface area contributed by atoms with Gasteiger partial charge in [0.1, 0.15) is 6.04 Å². The van der Waals surface area contributed by atoms with Crippen LogP contribution in [0.5, 0.6) is 0 Å². The van der Waals surface area contributed by atoms with Gasteiger partial charge in [0.05, 0.1) is 0 Å². The second-order valence-electron chi connectivity index (χ2n) is 7.20. The predicted octanol–water partition coefficient (Wildman–Crippen LogP) is 2.28. The van der Waals surface area contributed by atoms with Crippen molar-refractivity contribution in [2.75, 3.05) is 6.16 Å². The molecule has 0 aliphatic carbocycles. The first kappa shape index (κ1) is 23.8. The lowest BCUT2D eigenvalue weighted by molar-refractivity contribution is -0.139. The van der Waals surface area contributed by atoms with Crippen molar-refractivity contribution in [2.45, 2.75) is 65.3 Å². The molecule has 0 saturated heterocycles. The van der Waals surface area contributed by atoms with E-state index >= 15 is 0 Å². The summed E-state index contributed by atoms with van der Waals surface area (Å²) < 4.78 is 12.3. The van der Waals surface area contributed by atoms with Gasteiger partial charge < -0.3 is 20.8 Å². The SMILES string of the molecule is CCC(CCC(C)(C)CCC(=O)O)C(=O)P(=O)(O)CCC(N)C(=O)O. The van der Waals surface area contributed by atoms with Crippen molar-refractivity contribution in [3.8, 4) is 0 Å².